The summed E-state index contributed by atoms with van der Waals surface area (Å²) in [5, 5.41) is 2.35. The molecule has 0 heterocycles. The standard InChI is InChI=1S/C24H34N2O2/c1-24(2,3)19-7-11-21(12-8-19)28-22-10-6-17-15-20(9-5-18(17)16-22)26(4)14-13-23(25)27/h5-6,9-10,15-16,19,21H,7-8,11-14H2,1-4H3,(H2,25,27)/t19-,21-. The molecule has 28 heavy (non-hydrogen) atoms. The summed E-state index contributed by atoms with van der Waals surface area (Å²) in [6, 6.07) is 12.7. The second kappa shape index (κ2) is 8.42. The number of anilines is 1. The fourth-order valence-corrected chi connectivity index (χ4v) is 4.17. The first kappa shape index (κ1) is 20.5. The van der Waals surface area contributed by atoms with Crippen LogP contribution in [0.25, 0.3) is 10.8 Å². The van der Waals surface area contributed by atoms with Crippen molar-refractivity contribution in [1.29, 1.82) is 0 Å². The molecule has 152 valence electrons. The molecule has 3 rings (SSSR count). The van der Waals surface area contributed by atoms with Gasteiger partial charge in [0.1, 0.15) is 5.75 Å². The molecule has 1 aliphatic rings. The summed E-state index contributed by atoms with van der Waals surface area (Å²) in [7, 11) is 1.98. The molecule has 0 atom stereocenters. The number of ether oxygens (including phenoxy) is 1. The molecule has 1 amide bonds. The molecule has 2 aromatic carbocycles. The minimum atomic E-state index is -0.272. The number of hydrogen-bond donors (Lipinski definition) is 1. The van der Waals surface area contributed by atoms with Crippen LogP contribution in [-0.2, 0) is 4.79 Å². The van der Waals surface area contributed by atoms with E-state index in [0.29, 0.717) is 24.5 Å². The van der Waals surface area contributed by atoms with E-state index in [-0.39, 0.29) is 5.91 Å². The highest BCUT2D eigenvalue weighted by Gasteiger charge is 2.30. The van der Waals surface area contributed by atoms with Crippen molar-refractivity contribution < 1.29 is 9.53 Å². The largest absolute Gasteiger partial charge is 0.490 e. The molecule has 0 unspecified atom stereocenters. The van der Waals surface area contributed by atoms with Crippen LogP contribution in [0.5, 0.6) is 5.75 Å². The summed E-state index contributed by atoms with van der Waals surface area (Å²) in [6.45, 7) is 7.67. The SMILES string of the molecule is CN(CCC(N)=O)c1ccc2cc(O[C@H]3CC[C@H](C(C)(C)C)CC3)ccc2c1. The smallest absolute Gasteiger partial charge is 0.219 e. The lowest BCUT2D eigenvalue weighted by Crippen LogP contribution is -2.30. The van der Waals surface area contributed by atoms with Crippen LogP contribution in [-0.4, -0.2) is 25.6 Å². The van der Waals surface area contributed by atoms with Gasteiger partial charge in [0.15, 0.2) is 0 Å². The number of carbonyl (C=O) groups is 1. The molecule has 1 aliphatic carbocycles. The highest BCUT2D eigenvalue weighted by Crippen LogP contribution is 2.39. The van der Waals surface area contributed by atoms with Crippen LogP contribution >= 0.6 is 0 Å². The number of nitrogens with zero attached hydrogens (tertiary/aromatic N) is 1. The van der Waals surface area contributed by atoms with Crippen LogP contribution in [0.2, 0.25) is 0 Å². The zero-order valence-electron chi connectivity index (χ0n) is 17.7. The Morgan fingerprint density at radius 3 is 2.36 bits per heavy atom. The predicted octanol–water partition coefficient (Wildman–Crippen LogP) is 5.14. The summed E-state index contributed by atoms with van der Waals surface area (Å²) in [4.78, 5) is 13.1. The van der Waals surface area contributed by atoms with Gasteiger partial charge in [0, 0.05) is 25.7 Å². The van der Waals surface area contributed by atoms with E-state index in [9.17, 15) is 4.79 Å². The van der Waals surface area contributed by atoms with Gasteiger partial charge >= 0.3 is 0 Å². The monoisotopic (exact) mass is 382 g/mol. The van der Waals surface area contributed by atoms with Gasteiger partial charge < -0.3 is 15.4 Å². The Labute approximate surface area is 169 Å². The average Bonchev–Trinajstić information content (AvgIpc) is 2.65. The molecule has 1 saturated carbocycles. The van der Waals surface area contributed by atoms with Gasteiger partial charge in [0.25, 0.3) is 0 Å². The third-order valence-electron chi connectivity index (χ3n) is 6.13. The lowest BCUT2D eigenvalue weighted by atomic mass is 9.72. The van der Waals surface area contributed by atoms with E-state index in [4.69, 9.17) is 10.5 Å². The van der Waals surface area contributed by atoms with Crippen molar-refractivity contribution in [3.05, 3.63) is 36.4 Å². The van der Waals surface area contributed by atoms with Crippen LogP contribution < -0.4 is 15.4 Å². The van der Waals surface area contributed by atoms with Crippen molar-refractivity contribution in [2.75, 3.05) is 18.5 Å². The van der Waals surface area contributed by atoms with Crippen LogP contribution in [0.4, 0.5) is 5.69 Å². The quantitative estimate of drug-likeness (QED) is 0.753. The maximum Gasteiger partial charge on any atom is 0.219 e. The topological polar surface area (TPSA) is 55.6 Å². The van der Waals surface area contributed by atoms with Gasteiger partial charge in [-0.05, 0) is 72.1 Å². The van der Waals surface area contributed by atoms with Gasteiger partial charge in [0.2, 0.25) is 5.91 Å². The third kappa shape index (κ3) is 5.18. The van der Waals surface area contributed by atoms with Gasteiger partial charge in [-0.15, -0.1) is 0 Å². The first-order valence-corrected chi connectivity index (χ1v) is 10.4. The fourth-order valence-electron chi connectivity index (χ4n) is 4.17. The molecule has 0 spiro atoms. The Balaban J connectivity index is 1.63. The van der Waals surface area contributed by atoms with E-state index >= 15 is 0 Å². The summed E-state index contributed by atoms with van der Waals surface area (Å²) in [5.41, 5.74) is 6.74. The molecular weight excluding hydrogens is 348 g/mol. The molecule has 0 radical (unpaired) electrons. The molecular formula is C24H34N2O2. The molecule has 4 nitrogen and oxygen atoms in total. The Bertz CT molecular complexity index is 817. The Morgan fingerprint density at radius 2 is 1.71 bits per heavy atom. The number of primary amides is 1. The Hall–Kier alpha value is -2.23. The number of carbonyl (C=O) groups excluding carboxylic acids is 1. The summed E-state index contributed by atoms with van der Waals surface area (Å²) < 4.78 is 6.31. The van der Waals surface area contributed by atoms with Gasteiger partial charge in [-0.2, -0.15) is 0 Å². The number of nitrogens with two attached hydrogens (primary N) is 1. The van der Waals surface area contributed by atoms with Crippen molar-refractivity contribution in [3.8, 4) is 5.75 Å². The number of benzene rings is 2. The van der Waals surface area contributed by atoms with E-state index in [1.165, 1.54) is 23.6 Å². The fraction of sp³-hybridized carbons (Fsp3) is 0.542. The maximum atomic E-state index is 11.0. The number of hydrogen-bond acceptors (Lipinski definition) is 3. The Morgan fingerprint density at radius 1 is 1.07 bits per heavy atom. The van der Waals surface area contributed by atoms with Crippen LogP contribution in [0.3, 0.4) is 0 Å². The second-order valence-corrected chi connectivity index (χ2v) is 9.29. The van der Waals surface area contributed by atoms with Gasteiger partial charge in [-0.3, -0.25) is 4.79 Å². The molecule has 2 aromatic rings. The van der Waals surface area contributed by atoms with Crippen LogP contribution in [0.1, 0.15) is 52.9 Å². The molecule has 4 heteroatoms. The lowest BCUT2D eigenvalue weighted by molar-refractivity contribution is -0.117. The molecule has 0 saturated heterocycles. The lowest BCUT2D eigenvalue weighted by Gasteiger charge is -2.37. The van der Waals surface area contributed by atoms with Crippen molar-refractivity contribution in [3.63, 3.8) is 0 Å². The normalized spacial score (nSPS) is 20.1. The minimum absolute atomic E-state index is 0.272. The predicted molar refractivity (Wildman–Crippen MR) is 117 cm³/mol. The molecule has 0 aromatic heterocycles. The van der Waals surface area contributed by atoms with E-state index in [2.05, 4.69) is 62.1 Å². The highest BCUT2D eigenvalue weighted by atomic mass is 16.5. The van der Waals surface area contributed by atoms with Gasteiger partial charge in [-0.1, -0.05) is 32.9 Å². The van der Waals surface area contributed by atoms with E-state index < -0.39 is 0 Å². The zero-order chi connectivity index (χ0) is 20.3. The van der Waals surface area contributed by atoms with Gasteiger partial charge in [0.05, 0.1) is 6.10 Å². The highest BCUT2D eigenvalue weighted by molar-refractivity contribution is 5.87. The van der Waals surface area contributed by atoms with E-state index in [1.54, 1.807) is 0 Å². The number of rotatable bonds is 6. The van der Waals surface area contributed by atoms with Crippen molar-refractivity contribution in [2.45, 2.75) is 59.0 Å². The maximum absolute atomic E-state index is 11.0. The number of amides is 1. The van der Waals surface area contributed by atoms with Gasteiger partial charge in [-0.25, -0.2) is 0 Å². The molecule has 0 aliphatic heterocycles. The van der Waals surface area contributed by atoms with Crippen LogP contribution in [0, 0.1) is 11.3 Å². The van der Waals surface area contributed by atoms with Crippen molar-refractivity contribution >= 4 is 22.4 Å². The molecule has 2 N–H and O–H groups in total. The zero-order valence-corrected chi connectivity index (χ0v) is 17.7. The average molecular weight is 383 g/mol. The molecule has 0 bridgehead atoms. The first-order valence-electron chi connectivity index (χ1n) is 10.4. The van der Waals surface area contributed by atoms with Crippen molar-refractivity contribution in [1.82, 2.24) is 0 Å². The summed E-state index contributed by atoms with van der Waals surface area (Å²) in [6.07, 6.45) is 5.48. The first-order chi connectivity index (χ1) is 13.2. The summed E-state index contributed by atoms with van der Waals surface area (Å²) in [5.74, 6) is 1.49. The second-order valence-electron chi connectivity index (χ2n) is 9.29. The van der Waals surface area contributed by atoms with E-state index in [0.717, 1.165) is 30.2 Å². The minimum Gasteiger partial charge on any atom is -0.490 e. The Kier molecular flexibility index (Phi) is 6.17. The summed E-state index contributed by atoms with van der Waals surface area (Å²) >= 11 is 0. The molecule has 1 fully saturated rings. The van der Waals surface area contributed by atoms with Crippen molar-refractivity contribution in [2.24, 2.45) is 17.1 Å². The number of fused-ring (bicyclic) bond motifs is 1. The third-order valence-corrected chi connectivity index (χ3v) is 6.13. The van der Waals surface area contributed by atoms with Crippen LogP contribution in [0.15, 0.2) is 36.4 Å². The van der Waals surface area contributed by atoms with E-state index in [1.807, 2.05) is 7.05 Å².